The molecule has 0 bridgehead atoms. The van der Waals surface area contributed by atoms with E-state index in [0.29, 0.717) is 12.6 Å². The van der Waals surface area contributed by atoms with E-state index in [2.05, 4.69) is 17.1 Å². The molecule has 1 aliphatic carbocycles. The van der Waals surface area contributed by atoms with E-state index in [-0.39, 0.29) is 24.4 Å². The molecule has 118 valence electrons. The van der Waals surface area contributed by atoms with Crippen LogP contribution in [0, 0.1) is 5.92 Å². The number of carbonyl (C=O) groups excluding carboxylic acids is 1. The quantitative estimate of drug-likeness (QED) is 0.732. The first kappa shape index (κ1) is 17.7. The summed E-state index contributed by atoms with van der Waals surface area (Å²) in [4.78, 5) is 14.6. The lowest BCUT2D eigenvalue weighted by Crippen LogP contribution is -2.47. The van der Waals surface area contributed by atoms with Gasteiger partial charge in [-0.3, -0.25) is 9.69 Å². The molecule has 0 aromatic rings. The molecule has 4 nitrogen and oxygen atoms in total. The van der Waals surface area contributed by atoms with Gasteiger partial charge in [-0.1, -0.05) is 6.92 Å². The smallest absolute Gasteiger partial charge is 0.323 e. The molecule has 0 amide bonds. The van der Waals surface area contributed by atoms with E-state index in [1.54, 1.807) is 0 Å². The van der Waals surface area contributed by atoms with Crippen LogP contribution in [0.25, 0.3) is 0 Å². The molecule has 0 aromatic carbocycles. The van der Waals surface area contributed by atoms with Crippen molar-refractivity contribution in [3.63, 3.8) is 0 Å². The van der Waals surface area contributed by atoms with Crippen molar-refractivity contribution < 1.29 is 9.53 Å². The van der Waals surface area contributed by atoms with Crippen molar-refractivity contribution in [3.05, 3.63) is 0 Å². The summed E-state index contributed by atoms with van der Waals surface area (Å²) in [6, 6.07) is 0.603. The van der Waals surface area contributed by atoms with Gasteiger partial charge in [-0.05, 0) is 58.0 Å². The molecule has 1 saturated heterocycles. The van der Waals surface area contributed by atoms with Gasteiger partial charge >= 0.3 is 5.97 Å². The van der Waals surface area contributed by atoms with Crippen molar-refractivity contribution in [2.75, 3.05) is 26.2 Å². The van der Waals surface area contributed by atoms with E-state index < -0.39 is 0 Å². The number of nitrogens with one attached hydrogen (secondary N) is 1. The molecule has 2 aliphatic rings. The van der Waals surface area contributed by atoms with Crippen molar-refractivity contribution in [2.45, 2.75) is 58.0 Å². The van der Waals surface area contributed by atoms with Gasteiger partial charge in [-0.25, -0.2) is 0 Å². The first-order valence-corrected chi connectivity index (χ1v) is 7.89. The van der Waals surface area contributed by atoms with E-state index >= 15 is 0 Å². The Morgan fingerprint density at radius 3 is 2.40 bits per heavy atom. The molecule has 1 N–H and O–H groups in total. The van der Waals surface area contributed by atoms with Gasteiger partial charge in [0.2, 0.25) is 0 Å². The molecular weight excluding hydrogens is 276 g/mol. The largest absolute Gasteiger partial charge is 0.465 e. The van der Waals surface area contributed by atoms with E-state index in [0.717, 1.165) is 32.0 Å². The fourth-order valence-corrected chi connectivity index (χ4v) is 3.07. The number of nitrogens with zero attached hydrogens (tertiary/aromatic N) is 1. The summed E-state index contributed by atoms with van der Waals surface area (Å²) in [5.41, 5.74) is 0. The number of piperidine rings is 1. The summed E-state index contributed by atoms with van der Waals surface area (Å²) < 4.78 is 5.25. The summed E-state index contributed by atoms with van der Waals surface area (Å²) in [5, 5.41) is 3.41. The Kier molecular flexibility index (Phi) is 7.85. The van der Waals surface area contributed by atoms with E-state index in [4.69, 9.17) is 4.74 Å². The average Bonchev–Trinajstić information content (AvgIpc) is 3.24. The molecular formula is C15H29ClN2O2. The molecule has 1 aliphatic heterocycles. The van der Waals surface area contributed by atoms with E-state index in [1.165, 1.54) is 25.7 Å². The third-order valence-electron chi connectivity index (χ3n) is 4.29. The van der Waals surface area contributed by atoms with Gasteiger partial charge in [0.05, 0.1) is 6.61 Å². The topological polar surface area (TPSA) is 41.6 Å². The van der Waals surface area contributed by atoms with Crippen LogP contribution in [0.3, 0.4) is 0 Å². The number of hydrogen-bond acceptors (Lipinski definition) is 4. The van der Waals surface area contributed by atoms with Crippen LogP contribution in [0.4, 0.5) is 0 Å². The predicted molar refractivity (Wildman–Crippen MR) is 83.3 cm³/mol. The van der Waals surface area contributed by atoms with Crippen molar-refractivity contribution in [1.82, 2.24) is 10.2 Å². The van der Waals surface area contributed by atoms with Crippen LogP contribution < -0.4 is 5.32 Å². The summed E-state index contributed by atoms with van der Waals surface area (Å²) in [6.45, 7) is 7.79. The van der Waals surface area contributed by atoms with Gasteiger partial charge in [-0.15, -0.1) is 12.4 Å². The molecule has 1 heterocycles. The standard InChI is InChI=1S/C15H28N2O2.ClH/c1-3-14(15(18)19-4-2)17(13-5-6-13)11-12-7-9-16-10-8-12;/h12-14,16H,3-11H2,1-2H3;1H. The van der Waals surface area contributed by atoms with Crippen LogP contribution in [-0.2, 0) is 9.53 Å². The predicted octanol–water partition coefficient (Wildman–Crippen LogP) is 2.21. The maximum atomic E-state index is 12.1. The van der Waals surface area contributed by atoms with Gasteiger partial charge in [0.15, 0.2) is 0 Å². The third-order valence-corrected chi connectivity index (χ3v) is 4.29. The first-order chi connectivity index (χ1) is 9.26. The zero-order valence-corrected chi connectivity index (χ0v) is 13.6. The van der Waals surface area contributed by atoms with Gasteiger partial charge in [-0.2, -0.15) is 0 Å². The molecule has 1 atom stereocenters. The molecule has 2 fully saturated rings. The number of esters is 1. The Bertz CT molecular complexity index is 292. The molecule has 0 radical (unpaired) electrons. The molecule has 20 heavy (non-hydrogen) atoms. The minimum absolute atomic E-state index is 0. The summed E-state index contributed by atoms with van der Waals surface area (Å²) >= 11 is 0. The highest BCUT2D eigenvalue weighted by Crippen LogP contribution is 2.31. The minimum Gasteiger partial charge on any atom is -0.465 e. The minimum atomic E-state index is -0.0256. The number of rotatable bonds is 7. The van der Waals surface area contributed by atoms with Gasteiger partial charge < -0.3 is 10.1 Å². The fraction of sp³-hybridized carbons (Fsp3) is 0.933. The van der Waals surface area contributed by atoms with Gasteiger partial charge in [0.25, 0.3) is 0 Å². The van der Waals surface area contributed by atoms with E-state index in [9.17, 15) is 4.79 Å². The van der Waals surface area contributed by atoms with Crippen LogP contribution in [-0.4, -0.2) is 49.2 Å². The molecule has 0 aromatic heterocycles. The summed E-state index contributed by atoms with van der Waals surface area (Å²) in [6.07, 6.45) is 5.84. The maximum absolute atomic E-state index is 12.1. The SMILES string of the molecule is CCOC(=O)C(CC)N(CC1CCNCC1)C1CC1.Cl. The molecule has 1 saturated carbocycles. The Labute approximate surface area is 129 Å². The number of carbonyl (C=O) groups is 1. The number of halogens is 1. The highest BCUT2D eigenvalue weighted by Gasteiger charge is 2.38. The second-order valence-corrected chi connectivity index (χ2v) is 5.80. The summed E-state index contributed by atoms with van der Waals surface area (Å²) in [7, 11) is 0. The van der Waals surface area contributed by atoms with Crippen LogP contribution in [0.1, 0.15) is 46.0 Å². The average molecular weight is 305 g/mol. The zero-order valence-electron chi connectivity index (χ0n) is 12.8. The highest BCUT2D eigenvalue weighted by atomic mass is 35.5. The first-order valence-electron chi connectivity index (χ1n) is 7.89. The van der Waals surface area contributed by atoms with Crippen molar-refractivity contribution in [3.8, 4) is 0 Å². The van der Waals surface area contributed by atoms with Gasteiger partial charge in [0, 0.05) is 12.6 Å². The second-order valence-electron chi connectivity index (χ2n) is 5.80. The molecule has 2 rings (SSSR count). The number of hydrogen-bond donors (Lipinski definition) is 1. The Morgan fingerprint density at radius 2 is 1.90 bits per heavy atom. The highest BCUT2D eigenvalue weighted by molar-refractivity contribution is 5.85. The van der Waals surface area contributed by atoms with Crippen LogP contribution >= 0.6 is 12.4 Å². The normalized spacial score (nSPS) is 21.4. The van der Waals surface area contributed by atoms with Crippen LogP contribution in [0.5, 0.6) is 0 Å². The summed E-state index contributed by atoms with van der Waals surface area (Å²) in [5.74, 6) is 0.719. The second kappa shape index (κ2) is 8.85. The van der Waals surface area contributed by atoms with Crippen LogP contribution in [0.2, 0.25) is 0 Å². The Balaban J connectivity index is 0.00000200. The zero-order chi connectivity index (χ0) is 13.7. The van der Waals surface area contributed by atoms with Crippen molar-refractivity contribution >= 4 is 18.4 Å². The molecule has 1 unspecified atom stereocenters. The van der Waals surface area contributed by atoms with Crippen molar-refractivity contribution in [1.29, 1.82) is 0 Å². The van der Waals surface area contributed by atoms with Crippen molar-refractivity contribution in [2.24, 2.45) is 5.92 Å². The monoisotopic (exact) mass is 304 g/mol. The Hall–Kier alpha value is -0.320. The molecule has 5 heteroatoms. The lowest BCUT2D eigenvalue weighted by Gasteiger charge is -2.34. The maximum Gasteiger partial charge on any atom is 0.323 e. The lowest BCUT2D eigenvalue weighted by molar-refractivity contribution is -0.150. The Morgan fingerprint density at radius 1 is 1.25 bits per heavy atom. The molecule has 0 spiro atoms. The van der Waals surface area contributed by atoms with E-state index in [1.807, 2.05) is 6.92 Å². The third kappa shape index (κ3) is 4.90. The van der Waals surface area contributed by atoms with Gasteiger partial charge in [0.1, 0.15) is 6.04 Å². The van der Waals surface area contributed by atoms with Crippen LogP contribution in [0.15, 0.2) is 0 Å². The number of ether oxygens (including phenoxy) is 1. The lowest BCUT2D eigenvalue weighted by atomic mass is 9.96. The fourth-order valence-electron chi connectivity index (χ4n) is 3.07.